The van der Waals surface area contributed by atoms with Crippen molar-refractivity contribution in [1.29, 1.82) is 0 Å². The summed E-state index contributed by atoms with van der Waals surface area (Å²) < 4.78 is 27.7. The topological polar surface area (TPSA) is 40.6 Å². The maximum absolute atomic E-state index is 12.6. The highest BCUT2D eigenvalue weighted by molar-refractivity contribution is 9.11. The van der Waals surface area contributed by atoms with Crippen molar-refractivity contribution >= 4 is 48.9 Å². The Morgan fingerprint density at radius 2 is 2.21 bits per heavy atom. The van der Waals surface area contributed by atoms with E-state index in [1.165, 1.54) is 17.4 Å². The maximum atomic E-state index is 12.6. The van der Waals surface area contributed by atoms with E-state index in [9.17, 15) is 8.42 Å². The van der Waals surface area contributed by atoms with Crippen LogP contribution in [-0.4, -0.2) is 50.8 Å². The fourth-order valence-corrected chi connectivity index (χ4v) is 6.21. The van der Waals surface area contributed by atoms with E-state index >= 15 is 0 Å². The van der Waals surface area contributed by atoms with Gasteiger partial charge in [0.1, 0.15) is 4.21 Å². The Hall–Kier alpha value is 0.340. The minimum atomic E-state index is -3.42. The molecule has 0 bridgehead atoms. The van der Waals surface area contributed by atoms with Gasteiger partial charge in [-0.25, -0.2) is 8.42 Å². The molecule has 1 aliphatic rings. The van der Waals surface area contributed by atoms with Gasteiger partial charge < -0.3 is 4.90 Å². The average Bonchev–Trinajstić information content (AvgIpc) is 2.70. The first kappa shape index (κ1) is 15.7. The van der Waals surface area contributed by atoms with E-state index in [4.69, 9.17) is 11.6 Å². The molecule has 8 heteroatoms. The summed E-state index contributed by atoms with van der Waals surface area (Å²) in [5.74, 6) is 0. The molecule has 0 amide bonds. The second-order valence-corrected chi connectivity index (χ2v) is 9.75. The zero-order valence-electron chi connectivity index (χ0n) is 10.8. The zero-order valence-corrected chi connectivity index (χ0v) is 14.7. The quantitative estimate of drug-likeness (QED) is 0.801. The SMILES string of the molecule is CN(C)C1CCCN(S(=O)(=O)c2cc(Cl)c(Br)s2)C1. The molecule has 4 nitrogen and oxygen atoms in total. The van der Waals surface area contributed by atoms with Gasteiger partial charge in [-0.05, 0) is 48.9 Å². The second-order valence-electron chi connectivity index (χ2n) is 4.81. The summed E-state index contributed by atoms with van der Waals surface area (Å²) in [7, 11) is 0.552. The Morgan fingerprint density at radius 1 is 1.53 bits per heavy atom. The van der Waals surface area contributed by atoms with Crippen LogP contribution in [0.3, 0.4) is 0 Å². The van der Waals surface area contributed by atoms with Gasteiger partial charge in [0.05, 0.1) is 8.81 Å². The molecule has 2 heterocycles. The Balaban J connectivity index is 2.24. The molecule has 0 saturated carbocycles. The molecule has 108 valence electrons. The van der Waals surface area contributed by atoms with Gasteiger partial charge in [0.2, 0.25) is 0 Å². The monoisotopic (exact) mass is 386 g/mol. The molecule has 1 saturated heterocycles. The van der Waals surface area contributed by atoms with E-state index in [0.29, 0.717) is 26.1 Å². The molecule has 0 radical (unpaired) electrons. The van der Waals surface area contributed by atoms with Crippen molar-refractivity contribution in [3.8, 4) is 0 Å². The summed E-state index contributed by atoms with van der Waals surface area (Å²) in [4.78, 5) is 2.08. The second kappa shape index (κ2) is 5.99. The number of hydrogen-bond donors (Lipinski definition) is 0. The van der Waals surface area contributed by atoms with E-state index in [0.717, 1.165) is 12.8 Å². The standard InChI is InChI=1S/C11H16BrClN2O2S2/c1-14(2)8-4-3-5-15(7-8)19(16,17)10-6-9(13)11(12)18-10/h6,8H,3-5,7H2,1-2H3. The molecule has 0 aromatic carbocycles. The van der Waals surface area contributed by atoms with Gasteiger partial charge >= 0.3 is 0 Å². The van der Waals surface area contributed by atoms with Gasteiger partial charge in [-0.3, -0.25) is 0 Å². The van der Waals surface area contributed by atoms with Crippen LogP contribution in [0.25, 0.3) is 0 Å². The lowest BCUT2D eigenvalue weighted by Crippen LogP contribution is -2.47. The molecule has 0 N–H and O–H groups in total. The molecule has 0 aliphatic carbocycles. The van der Waals surface area contributed by atoms with Gasteiger partial charge in [-0.2, -0.15) is 4.31 Å². The van der Waals surface area contributed by atoms with Gasteiger partial charge in [0.25, 0.3) is 10.0 Å². The maximum Gasteiger partial charge on any atom is 0.252 e. The minimum absolute atomic E-state index is 0.280. The first-order valence-corrected chi connectivity index (χ1v) is 9.36. The van der Waals surface area contributed by atoms with Crippen LogP contribution in [0.1, 0.15) is 12.8 Å². The lowest BCUT2D eigenvalue weighted by atomic mass is 10.1. The smallest absolute Gasteiger partial charge is 0.252 e. The summed E-state index contributed by atoms with van der Waals surface area (Å²) in [6.45, 7) is 1.13. The van der Waals surface area contributed by atoms with Crippen LogP contribution < -0.4 is 0 Å². The summed E-state index contributed by atoms with van der Waals surface area (Å²) in [5.41, 5.74) is 0. The molecule has 1 aliphatic heterocycles. The van der Waals surface area contributed by atoms with Crippen molar-refractivity contribution in [2.24, 2.45) is 0 Å². The summed E-state index contributed by atoms with van der Waals surface area (Å²) in [6, 6.07) is 1.80. The van der Waals surface area contributed by atoms with Crippen molar-refractivity contribution in [3.63, 3.8) is 0 Å². The van der Waals surface area contributed by atoms with Crippen molar-refractivity contribution in [3.05, 3.63) is 14.9 Å². The third kappa shape index (κ3) is 3.33. The van der Waals surface area contributed by atoms with Crippen LogP contribution >= 0.6 is 38.9 Å². The molecule has 19 heavy (non-hydrogen) atoms. The number of halogens is 2. The van der Waals surface area contributed by atoms with Crippen molar-refractivity contribution < 1.29 is 8.42 Å². The number of sulfonamides is 1. The molecule has 1 fully saturated rings. The van der Waals surface area contributed by atoms with Crippen molar-refractivity contribution in [2.45, 2.75) is 23.1 Å². The Morgan fingerprint density at radius 3 is 2.74 bits per heavy atom. The van der Waals surface area contributed by atoms with Crippen molar-refractivity contribution in [2.75, 3.05) is 27.2 Å². The predicted molar refractivity (Wildman–Crippen MR) is 82.5 cm³/mol. The first-order valence-electron chi connectivity index (χ1n) is 5.94. The van der Waals surface area contributed by atoms with Gasteiger partial charge in [0, 0.05) is 19.1 Å². The highest BCUT2D eigenvalue weighted by Crippen LogP contribution is 2.36. The lowest BCUT2D eigenvalue weighted by Gasteiger charge is -2.35. The number of nitrogens with zero attached hydrogens (tertiary/aromatic N) is 2. The Bertz CT molecular complexity index is 540. The minimum Gasteiger partial charge on any atom is -0.305 e. The molecule has 1 atom stereocenters. The summed E-state index contributed by atoms with van der Waals surface area (Å²) >= 11 is 10.4. The normalized spacial score (nSPS) is 22.1. The van der Waals surface area contributed by atoms with Gasteiger partial charge in [-0.15, -0.1) is 11.3 Å². The largest absolute Gasteiger partial charge is 0.305 e. The van der Waals surface area contributed by atoms with E-state index < -0.39 is 10.0 Å². The third-order valence-corrected chi connectivity index (χ3v) is 8.10. The highest BCUT2D eigenvalue weighted by Gasteiger charge is 2.32. The van der Waals surface area contributed by atoms with E-state index in [-0.39, 0.29) is 6.04 Å². The van der Waals surface area contributed by atoms with E-state index in [1.54, 1.807) is 4.31 Å². The summed E-state index contributed by atoms with van der Waals surface area (Å²) in [5, 5.41) is 0.449. The van der Waals surface area contributed by atoms with Crippen LogP contribution in [0.4, 0.5) is 0 Å². The molecule has 1 aromatic rings. The predicted octanol–water partition coefficient (Wildman–Crippen LogP) is 2.88. The van der Waals surface area contributed by atoms with Crippen LogP contribution in [0.5, 0.6) is 0 Å². The van der Waals surface area contributed by atoms with Crippen LogP contribution in [-0.2, 0) is 10.0 Å². The van der Waals surface area contributed by atoms with Crippen LogP contribution in [0.15, 0.2) is 14.1 Å². The Labute approximate surface area is 131 Å². The number of thiophene rings is 1. The fourth-order valence-electron chi connectivity index (χ4n) is 2.14. The number of rotatable bonds is 3. The average molecular weight is 388 g/mol. The van der Waals surface area contributed by atoms with E-state index in [2.05, 4.69) is 20.8 Å². The molecular formula is C11H16BrClN2O2S2. The summed E-state index contributed by atoms with van der Waals surface area (Å²) in [6.07, 6.45) is 1.93. The fraction of sp³-hybridized carbons (Fsp3) is 0.636. The first-order chi connectivity index (χ1) is 8.82. The molecule has 2 rings (SSSR count). The third-order valence-electron chi connectivity index (χ3n) is 3.31. The lowest BCUT2D eigenvalue weighted by molar-refractivity contribution is 0.190. The number of hydrogen-bond acceptors (Lipinski definition) is 4. The van der Waals surface area contributed by atoms with Crippen molar-refractivity contribution in [1.82, 2.24) is 9.21 Å². The molecule has 1 unspecified atom stereocenters. The molecule has 1 aromatic heterocycles. The highest BCUT2D eigenvalue weighted by atomic mass is 79.9. The number of piperidine rings is 1. The van der Waals surface area contributed by atoms with E-state index in [1.807, 2.05) is 14.1 Å². The van der Waals surface area contributed by atoms with Crippen LogP contribution in [0, 0.1) is 0 Å². The van der Waals surface area contributed by atoms with Gasteiger partial charge in [-0.1, -0.05) is 11.6 Å². The number of likely N-dealkylation sites (N-methyl/N-ethyl adjacent to an activating group) is 1. The van der Waals surface area contributed by atoms with Gasteiger partial charge in [0.15, 0.2) is 0 Å². The Kier molecular flexibility index (Phi) is 4.96. The molecule has 0 spiro atoms. The molecular weight excluding hydrogens is 372 g/mol. The zero-order chi connectivity index (χ0) is 14.2. The van der Waals surface area contributed by atoms with Crippen LogP contribution in [0.2, 0.25) is 5.02 Å².